The molecule has 1 unspecified atom stereocenters. The van der Waals surface area contributed by atoms with Gasteiger partial charge in [0.15, 0.2) is 5.60 Å². The monoisotopic (exact) mass is 619 g/mol. The van der Waals surface area contributed by atoms with Crippen molar-refractivity contribution < 1.29 is 14.2 Å². The fourth-order valence-corrected chi connectivity index (χ4v) is 9.03. The molecule has 4 heteroatoms. The van der Waals surface area contributed by atoms with E-state index in [0.717, 1.165) is 48.9 Å². The highest BCUT2D eigenvalue weighted by molar-refractivity contribution is 6.08. The van der Waals surface area contributed by atoms with Crippen LogP contribution in [-0.2, 0) is 15.8 Å². The van der Waals surface area contributed by atoms with Gasteiger partial charge in [0.25, 0.3) is 0 Å². The number of fused-ring (bicyclic) bond motifs is 10. The van der Waals surface area contributed by atoms with Gasteiger partial charge in [-0.25, -0.2) is 0 Å². The summed E-state index contributed by atoms with van der Waals surface area (Å²) in [5.41, 5.74) is 9.68. The lowest BCUT2D eigenvalue weighted by atomic mass is 9.70. The topological polar surface area (TPSA) is 30.9 Å². The normalized spacial score (nSPS) is 21.1. The van der Waals surface area contributed by atoms with E-state index in [-0.39, 0.29) is 5.41 Å². The van der Waals surface area contributed by atoms with Crippen molar-refractivity contribution in [2.24, 2.45) is 0 Å². The average Bonchev–Trinajstić information content (AvgIpc) is 3.24. The molecular weight excluding hydrogens is 578 g/mol. The fourth-order valence-electron chi connectivity index (χ4n) is 9.03. The standard InChI is InChI=1S/C43H41NO3/c1-45-33-20-16-31(17-21-33)43(30-14-18-32(19-15-30)44-26-28-46-29-27-44)25-22-37-40-39(34-10-4-5-11-35(34)41(37)47-43)36-12-6-7-13-38(36)42(40)23-8-2-3-9-24-42/h4-7,10-22,25H,2-3,8-9,23-24,26-29H2,1H3. The number of hydrogen-bond acceptors (Lipinski definition) is 4. The number of hydrogen-bond donors (Lipinski definition) is 0. The molecule has 5 aromatic carbocycles. The molecule has 1 spiro atoms. The summed E-state index contributed by atoms with van der Waals surface area (Å²) in [7, 11) is 1.72. The zero-order chi connectivity index (χ0) is 31.4. The van der Waals surface area contributed by atoms with Crippen molar-refractivity contribution in [3.8, 4) is 22.6 Å². The Morgan fingerprint density at radius 3 is 2.09 bits per heavy atom. The van der Waals surface area contributed by atoms with Crippen LogP contribution in [-0.4, -0.2) is 33.4 Å². The van der Waals surface area contributed by atoms with E-state index in [4.69, 9.17) is 14.2 Å². The molecule has 0 radical (unpaired) electrons. The first kappa shape index (κ1) is 28.7. The molecule has 1 atom stereocenters. The molecule has 2 aliphatic heterocycles. The van der Waals surface area contributed by atoms with Gasteiger partial charge in [-0.05, 0) is 70.8 Å². The van der Waals surface area contributed by atoms with Crippen LogP contribution in [0.5, 0.6) is 11.5 Å². The maximum Gasteiger partial charge on any atom is 0.178 e. The van der Waals surface area contributed by atoms with E-state index in [9.17, 15) is 0 Å². The third kappa shape index (κ3) is 4.38. The van der Waals surface area contributed by atoms with Crippen LogP contribution < -0.4 is 14.4 Å². The Morgan fingerprint density at radius 2 is 1.36 bits per heavy atom. The Kier molecular flexibility index (Phi) is 6.90. The molecule has 0 N–H and O–H groups in total. The summed E-state index contributed by atoms with van der Waals surface area (Å²) in [6.07, 6.45) is 12.2. The Morgan fingerprint density at radius 1 is 0.702 bits per heavy atom. The lowest BCUT2D eigenvalue weighted by Crippen LogP contribution is -2.37. The molecule has 2 fully saturated rings. The summed E-state index contributed by atoms with van der Waals surface area (Å²) in [6.45, 7) is 3.35. The molecule has 9 rings (SSSR count). The maximum absolute atomic E-state index is 7.59. The van der Waals surface area contributed by atoms with E-state index in [1.54, 1.807) is 7.11 Å². The second-order valence-electron chi connectivity index (χ2n) is 13.6. The van der Waals surface area contributed by atoms with Gasteiger partial charge >= 0.3 is 0 Å². The minimum Gasteiger partial charge on any atom is -0.497 e. The number of rotatable bonds is 4. The van der Waals surface area contributed by atoms with Crippen LogP contribution in [0.2, 0.25) is 0 Å². The van der Waals surface area contributed by atoms with Crippen molar-refractivity contribution in [1.29, 1.82) is 0 Å². The van der Waals surface area contributed by atoms with E-state index < -0.39 is 5.60 Å². The van der Waals surface area contributed by atoms with E-state index in [1.807, 2.05) is 12.1 Å². The van der Waals surface area contributed by atoms with E-state index in [2.05, 4.69) is 102 Å². The lowest BCUT2D eigenvalue weighted by Gasteiger charge is -2.40. The number of benzene rings is 5. The Labute approximate surface area is 277 Å². The van der Waals surface area contributed by atoms with E-state index in [1.165, 1.54) is 82.8 Å². The predicted octanol–water partition coefficient (Wildman–Crippen LogP) is 9.66. The first-order valence-corrected chi connectivity index (χ1v) is 17.4. The van der Waals surface area contributed by atoms with Gasteiger partial charge < -0.3 is 19.1 Å². The summed E-state index contributed by atoms with van der Waals surface area (Å²) in [5.74, 6) is 1.83. The molecule has 1 saturated heterocycles. The molecule has 0 aromatic heterocycles. The van der Waals surface area contributed by atoms with Gasteiger partial charge in [-0.3, -0.25) is 0 Å². The van der Waals surface area contributed by atoms with E-state index in [0.29, 0.717) is 0 Å². The van der Waals surface area contributed by atoms with Crippen LogP contribution in [0.4, 0.5) is 5.69 Å². The molecule has 4 nitrogen and oxygen atoms in total. The number of nitrogens with zero attached hydrogens (tertiary/aromatic N) is 1. The summed E-state index contributed by atoms with van der Waals surface area (Å²) >= 11 is 0. The number of methoxy groups -OCH3 is 1. The van der Waals surface area contributed by atoms with Crippen molar-refractivity contribution in [3.05, 3.63) is 131 Å². The molecule has 2 aliphatic carbocycles. The van der Waals surface area contributed by atoms with Crippen molar-refractivity contribution in [3.63, 3.8) is 0 Å². The van der Waals surface area contributed by atoms with Crippen LogP contribution in [0.3, 0.4) is 0 Å². The van der Waals surface area contributed by atoms with Crippen LogP contribution in [0.1, 0.15) is 66.3 Å². The molecular formula is C43H41NO3. The minimum absolute atomic E-state index is 0.00413. The highest BCUT2D eigenvalue weighted by Gasteiger charge is 2.48. The first-order chi connectivity index (χ1) is 23.2. The van der Waals surface area contributed by atoms with Crippen LogP contribution in [0, 0.1) is 0 Å². The second kappa shape index (κ2) is 11.3. The van der Waals surface area contributed by atoms with Crippen LogP contribution in [0.15, 0.2) is 103 Å². The first-order valence-electron chi connectivity index (χ1n) is 17.4. The Balaban J connectivity index is 1.27. The largest absolute Gasteiger partial charge is 0.497 e. The molecule has 0 amide bonds. The third-order valence-electron chi connectivity index (χ3n) is 11.3. The molecule has 1 saturated carbocycles. The van der Waals surface area contributed by atoms with Gasteiger partial charge in [-0.15, -0.1) is 0 Å². The predicted molar refractivity (Wildman–Crippen MR) is 191 cm³/mol. The number of anilines is 1. The van der Waals surface area contributed by atoms with Gasteiger partial charge in [-0.1, -0.05) is 105 Å². The number of morpholine rings is 1. The Bertz CT molecular complexity index is 1980. The Hall–Kier alpha value is -4.54. The average molecular weight is 620 g/mol. The smallest absolute Gasteiger partial charge is 0.178 e. The maximum atomic E-state index is 7.59. The van der Waals surface area contributed by atoms with Crippen LogP contribution >= 0.6 is 0 Å². The van der Waals surface area contributed by atoms with Gasteiger partial charge in [-0.2, -0.15) is 0 Å². The summed E-state index contributed by atoms with van der Waals surface area (Å²) in [5, 5.41) is 2.46. The quantitative estimate of drug-likeness (QED) is 0.200. The molecule has 4 aliphatic rings. The van der Waals surface area contributed by atoms with Gasteiger partial charge in [0.05, 0.1) is 20.3 Å². The van der Waals surface area contributed by atoms with Crippen molar-refractivity contribution in [2.45, 2.75) is 49.5 Å². The minimum atomic E-state index is -0.804. The lowest BCUT2D eigenvalue weighted by molar-refractivity contribution is 0.122. The highest BCUT2D eigenvalue weighted by Crippen LogP contribution is 2.61. The fraction of sp³-hybridized carbons (Fsp3) is 0.302. The van der Waals surface area contributed by atoms with Gasteiger partial charge in [0.1, 0.15) is 11.5 Å². The molecule has 236 valence electrons. The number of ether oxygens (including phenoxy) is 3. The summed E-state index contributed by atoms with van der Waals surface area (Å²) in [4.78, 5) is 2.40. The molecule has 2 heterocycles. The van der Waals surface area contributed by atoms with Gasteiger partial charge in [0, 0.05) is 46.3 Å². The second-order valence-corrected chi connectivity index (χ2v) is 13.6. The third-order valence-corrected chi connectivity index (χ3v) is 11.3. The van der Waals surface area contributed by atoms with Crippen molar-refractivity contribution >= 4 is 22.5 Å². The zero-order valence-electron chi connectivity index (χ0n) is 27.1. The molecule has 0 bridgehead atoms. The van der Waals surface area contributed by atoms with Crippen LogP contribution in [0.25, 0.3) is 28.0 Å². The highest BCUT2D eigenvalue weighted by atomic mass is 16.5. The zero-order valence-corrected chi connectivity index (χ0v) is 27.1. The van der Waals surface area contributed by atoms with E-state index >= 15 is 0 Å². The van der Waals surface area contributed by atoms with Crippen molar-refractivity contribution in [2.75, 3.05) is 38.3 Å². The SMILES string of the molecule is COc1ccc(C2(c3ccc(N4CCOCC4)cc3)C=Cc3c4c(c5ccccc5c3O2)-c2ccccc2C42CCCCCC2)cc1. The van der Waals surface area contributed by atoms with Gasteiger partial charge in [0.2, 0.25) is 0 Å². The summed E-state index contributed by atoms with van der Waals surface area (Å²) < 4.78 is 18.8. The summed E-state index contributed by atoms with van der Waals surface area (Å²) in [6, 6.07) is 35.5. The molecule has 5 aromatic rings. The molecule has 47 heavy (non-hydrogen) atoms. The van der Waals surface area contributed by atoms with Crippen molar-refractivity contribution in [1.82, 2.24) is 0 Å².